The SMILES string of the molecule is CCC(C)C(NC(=O)c1ccn2c(NC(C)(C)C)c(-c3ccccc3C)nc2c1)C(=O)O. The van der Waals surface area contributed by atoms with Crippen LogP contribution < -0.4 is 10.6 Å². The molecule has 2 unspecified atom stereocenters. The molecule has 0 aliphatic rings. The van der Waals surface area contributed by atoms with Crippen LogP contribution in [0.4, 0.5) is 5.82 Å². The summed E-state index contributed by atoms with van der Waals surface area (Å²) in [5.74, 6) is -0.794. The number of nitrogens with one attached hydrogen (secondary N) is 2. The first-order valence-corrected chi connectivity index (χ1v) is 10.9. The number of aryl methyl sites for hydroxylation is 1. The van der Waals surface area contributed by atoms with Gasteiger partial charge in [-0.2, -0.15) is 0 Å². The molecule has 2 aromatic heterocycles. The van der Waals surface area contributed by atoms with Crippen molar-refractivity contribution in [3.8, 4) is 11.3 Å². The van der Waals surface area contributed by atoms with E-state index in [0.717, 1.165) is 22.6 Å². The summed E-state index contributed by atoms with van der Waals surface area (Å²) < 4.78 is 1.92. The molecule has 0 aliphatic heterocycles. The van der Waals surface area contributed by atoms with Gasteiger partial charge in [-0.25, -0.2) is 9.78 Å². The van der Waals surface area contributed by atoms with Gasteiger partial charge < -0.3 is 15.7 Å². The number of benzene rings is 1. The maximum Gasteiger partial charge on any atom is 0.326 e. The van der Waals surface area contributed by atoms with E-state index >= 15 is 0 Å². The van der Waals surface area contributed by atoms with Crippen LogP contribution in [-0.4, -0.2) is 37.9 Å². The highest BCUT2D eigenvalue weighted by molar-refractivity contribution is 5.97. The molecule has 1 amide bonds. The highest BCUT2D eigenvalue weighted by atomic mass is 16.4. The van der Waals surface area contributed by atoms with Crippen LogP contribution in [0.5, 0.6) is 0 Å². The minimum Gasteiger partial charge on any atom is -0.480 e. The van der Waals surface area contributed by atoms with Gasteiger partial charge in [0, 0.05) is 22.9 Å². The molecule has 3 rings (SSSR count). The molecule has 0 radical (unpaired) electrons. The first-order chi connectivity index (χ1) is 15.0. The molecule has 0 spiro atoms. The summed E-state index contributed by atoms with van der Waals surface area (Å²) in [5, 5.41) is 15.7. The quantitative estimate of drug-likeness (QED) is 0.497. The van der Waals surface area contributed by atoms with E-state index in [2.05, 4.69) is 31.4 Å². The van der Waals surface area contributed by atoms with Gasteiger partial charge in [0.2, 0.25) is 0 Å². The van der Waals surface area contributed by atoms with Gasteiger partial charge in [-0.3, -0.25) is 9.20 Å². The molecule has 7 heteroatoms. The van der Waals surface area contributed by atoms with Crippen LogP contribution in [-0.2, 0) is 4.79 Å². The van der Waals surface area contributed by atoms with E-state index in [1.807, 2.05) is 49.4 Å². The maximum atomic E-state index is 12.8. The van der Waals surface area contributed by atoms with E-state index in [0.29, 0.717) is 17.6 Å². The van der Waals surface area contributed by atoms with Crippen molar-refractivity contribution in [2.45, 2.75) is 59.5 Å². The molecule has 0 bridgehead atoms. The number of nitrogens with zero attached hydrogens (tertiary/aromatic N) is 2. The largest absolute Gasteiger partial charge is 0.480 e. The Balaban J connectivity index is 2.06. The number of hydrogen-bond donors (Lipinski definition) is 3. The first kappa shape index (κ1) is 23.3. The molecular formula is C25H32N4O3. The second kappa shape index (κ2) is 9.02. The van der Waals surface area contributed by atoms with Crippen LogP contribution in [0.3, 0.4) is 0 Å². The number of carboxylic acids is 1. The number of aromatic nitrogens is 2. The Bertz CT molecular complexity index is 1140. The zero-order valence-corrected chi connectivity index (χ0v) is 19.6. The van der Waals surface area contributed by atoms with Gasteiger partial charge >= 0.3 is 5.97 Å². The van der Waals surface area contributed by atoms with Crippen molar-refractivity contribution in [2.75, 3.05) is 5.32 Å². The van der Waals surface area contributed by atoms with Crippen molar-refractivity contribution < 1.29 is 14.7 Å². The molecule has 2 heterocycles. The number of rotatable bonds is 7. The predicted octanol–water partition coefficient (Wildman–Crippen LogP) is 4.75. The summed E-state index contributed by atoms with van der Waals surface area (Å²) in [6.07, 6.45) is 2.45. The Morgan fingerprint density at radius 3 is 2.47 bits per heavy atom. The van der Waals surface area contributed by atoms with Crippen LogP contribution >= 0.6 is 0 Å². The Morgan fingerprint density at radius 1 is 1.19 bits per heavy atom. The van der Waals surface area contributed by atoms with Crippen molar-refractivity contribution in [1.82, 2.24) is 14.7 Å². The molecule has 0 saturated carbocycles. The summed E-state index contributed by atoms with van der Waals surface area (Å²) in [7, 11) is 0. The lowest BCUT2D eigenvalue weighted by molar-refractivity contribution is -0.140. The number of fused-ring (bicyclic) bond motifs is 1. The molecule has 3 aromatic rings. The minimum atomic E-state index is -1.03. The van der Waals surface area contributed by atoms with E-state index in [1.165, 1.54) is 0 Å². The van der Waals surface area contributed by atoms with Crippen LogP contribution in [0.1, 0.15) is 57.0 Å². The third-order valence-electron chi connectivity index (χ3n) is 5.55. The molecule has 0 aliphatic carbocycles. The molecular weight excluding hydrogens is 404 g/mol. The number of carbonyl (C=O) groups excluding carboxylic acids is 1. The zero-order valence-electron chi connectivity index (χ0n) is 19.6. The molecule has 1 aromatic carbocycles. The number of carbonyl (C=O) groups is 2. The van der Waals surface area contributed by atoms with Crippen LogP contribution in [0.15, 0.2) is 42.6 Å². The van der Waals surface area contributed by atoms with Crippen molar-refractivity contribution in [2.24, 2.45) is 5.92 Å². The normalized spacial score (nSPS) is 13.6. The number of aliphatic carboxylic acids is 1. The smallest absolute Gasteiger partial charge is 0.326 e. The second-order valence-corrected chi connectivity index (χ2v) is 9.32. The fourth-order valence-electron chi connectivity index (χ4n) is 3.59. The summed E-state index contributed by atoms with van der Waals surface area (Å²) in [5.41, 5.74) is 3.70. The standard InChI is InChI=1S/C25H32N4O3/c1-7-15(2)20(24(31)32)27-23(30)17-12-13-29-19(14-17)26-21(22(29)28-25(4,5)6)18-11-9-8-10-16(18)3/h8-15,20,28H,7H2,1-6H3,(H,27,30)(H,31,32). The van der Waals surface area contributed by atoms with Gasteiger partial charge in [-0.15, -0.1) is 0 Å². The average molecular weight is 437 g/mol. The van der Waals surface area contributed by atoms with Crippen LogP contribution in [0.2, 0.25) is 0 Å². The van der Waals surface area contributed by atoms with Gasteiger partial charge in [0.15, 0.2) is 0 Å². The lowest BCUT2D eigenvalue weighted by Gasteiger charge is -2.23. The molecule has 3 N–H and O–H groups in total. The third kappa shape index (κ3) is 4.93. The van der Waals surface area contributed by atoms with E-state index in [1.54, 1.807) is 18.3 Å². The Labute approximate surface area is 188 Å². The number of carboxylic acid groups (broad SMARTS) is 1. The molecule has 2 atom stereocenters. The number of pyridine rings is 1. The van der Waals surface area contributed by atoms with Crippen molar-refractivity contribution >= 4 is 23.3 Å². The fourth-order valence-corrected chi connectivity index (χ4v) is 3.59. The topological polar surface area (TPSA) is 95.7 Å². The zero-order chi connectivity index (χ0) is 23.6. The monoisotopic (exact) mass is 436 g/mol. The van der Waals surface area contributed by atoms with Gasteiger partial charge in [-0.05, 0) is 51.3 Å². The van der Waals surface area contributed by atoms with E-state index in [4.69, 9.17) is 4.98 Å². The lowest BCUT2D eigenvalue weighted by atomic mass is 9.99. The Hall–Kier alpha value is -3.35. The van der Waals surface area contributed by atoms with E-state index in [-0.39, 0.29) is 11.5 Å². The number of imidazole rings is 1. The van der Waals surface area contributed by atoms with Gasteiger partial charge in [-0.1, -0.05) is 44.5 Å². The summed E-state index contributed by atoms with van der Waals surface area (Å²) in [6, 6.07) is 10.5. The number of amides is 1. The summed E-state index contributed by atoms with van der Waals surface area (Å²) in [6.45, 7) is 12.0. The van der Waals surface area contributed by atoms with Crippen molar-refractivity contribution in [3.05, 3.63) is 53.7 Å². The molecule has 7 nitrogen and oxygen atoms in total. The Kier molecular flexibility index (Phi) is 6.57. The Morgan fingerprint density at radius 2 is 1.88 bits per heavy atom. The van der Waals surface area contributed by atoms with Crippen LogP contribution in [0, 0.1) is 12.8 Å². The highest BCUT2D eigenvalue weighted by Gasteiger charge is 2.26. The molecule has 0 saturated heterocycles. The van der Waals surface area contributed by atoms with E-state index < -0.39 is 17.9 Å². The first-order valence-electron chi connectivity index (χ1n) is 10.9. The fraction of sp³-hybridized carbons (Fsp3) is 0.400. The third-order valence-corrected chi connectivity index (χ3v) is 5.55. The summed E-state index contributed by atoms with van der Waals surface area (Å²) in [4.78, 5) is 29.3. The van der Waals surface area contributed by atoms with E-state index in [9.17, 15) is 14.7 Å². The number of anilines is 1. The van der Waals surface area contributed by atoms with Gasteiger partial charge in [0.05, 0.1) is 0 Å². The predicted molar refractivity (Wildman–Crippen MR) is 127 cm³/mol. The van der Waals surface area contributed by atoms with Gasteiger partial charge in [0.25, 0.3) is 5.91 Å². The van der Waals surface area contributed by atoms with Gasteiger partial charge in [0.1, 0.15) is 23.2 Å². The van der Waals surface area contributed by atoms with Crippen LogP contribution in [0.25, 0.3) is 16.9 Å². The van der Waals surface area contributed by atoms with Crippen molar-refractivity contribution in [1.29, 1.82) is 0 Å². The molecule has 32 heavy (non-hydrogen) atoms. The minimum absolute atomic E-state index is 0.179. The van der Waals surface area contributed by atoms with Crippen molar-refractivity contribution in [3.63, 3.8) is 0 Å². The maximum absolute atomic E-state index is 12.8. The lowest BCUT2D eigenvalue weighted by Crippen LogP contribution is -2.45. The number of hydrogen-bond acceptors (Lipinski definition) is 4. The molecule has 170 valence electrons. The average Bonchev–Trinajstić information content (AvgIpc) is 3.07. The molecule has 0 fully saturated rings. The highest BCUT2D eigenvalue weighted by Crippen LogP contribution is 2.33. The second-order valence-electron chi connectivity index (χ2n) is 9.32. The summed E-state index contributed by atoms with van der Waals surface area (Å²) >= 11 is 0.